The Bertz CT molecular complexity index is 64.3. The molecule has 14 heavy (non-hydrogen) atoms. The molecule has 0 aromatic heterocycles. The Morgan fingerprint density at radius 1 is 0.786 bits per heavy atom. The third-order valence-corrected chi connectivity index (χ3v) is 1.15. The van der Waals surface area contributed by atoms with Crippen molar-refractivity contribution in [2.24, 2.45) is 0 Å². The Balaban J connectivity index is -0.0000000287. The first-order chi connectivity index (χ1) is 6.64. The maximum absolute atomic E-state index is 4.61. The second kappa shape index (κ2) is 50.9. The monoisotopic (exact) mass is 241 g/mol. The molecular formula is C11H31NS2. The average molecular weight is 242 g/mol. The van der Waals surface area contributed by atoms with Crippen molar-refractivity contribution in [1.29, 1.82) is 0 Å². The van der Waals surface area contributed by atoms with E-state index in [2.05, 4.69) is 24.8 Å². The van der Waals surface area contributed by atoms with Gasteiger partial charge >= 0.3 is 0 Å². The van der Waals surface area contributed by atoms with Gasteiger partial charge in [0.05, 0.1) is 0 Å². The maximum Gasteiger partial charge on any atom is 0.132 e. The Labute approximate surface area is 104 Å². The van der Waals surface area contributed by atoms with Gasteiger partial charge in [-0.15, -0.1) is 12.6 Å². The number of thiol groups is 1. The summed E-state index contributed by atoms with van der Waals surface area (Å²) < 4.78 is 0.620. The molecule has 0 heterocycles. The van der Waals surface area contributed by atoms with E-state index in [1.165, 1.54) is 0 Å². The van der Waals surface area contributed by atoms with E-state index < -0.39 is 0 Å². The molecule has 0 aromatic rings. The second-order valence-electron chi connectivity index (χ2n) is 1.18. The fraction of sp³-hybridized carbons (Fsp3) is 0.909. The lowest BCUT2D eigenvalue weighted by Crippen LogP contribution is -2.12. The van der Waals surface area contributed by atoms with Crippen LogP contribution in [-0.4, -0.2) is 23.3 Å². The number of thiocarbonyl (C=S) groups is 1. The highest BCUT2D eigenvalue weighted by atomic mass is 32.1. The lowest BCUT2D eigenvalue weighted by atomic mass is 11.0. The topological polar surface area (TPSA) is 3.24 Å². The molecule has 0 saturated carbocycles. The third kappa shape index (κ3) is 86.0. The van der Waals surface area contributed by atoms with Crippen LogP contribution in [0.2, 0.25) is 0 Å². The minimum atomic E-state index is 0.620. The van der Waals surface area contributed by atoms with Gasteiger partial charge in [-0.05, 0) is 0 Å². The average Bonchev–Trinajstić information content (AvgIpc) is 2.29. The summed E-state index contributed by atoms with van der Waals surface area (Å²) in [7, 11) is 3.71. The minimum Gasteiger partial charge on any atom is -0.364 e. The van der Waals surface area contributed by atoms with Crippen molar-refractivity contribution in [1.82, 2.24) is 4.90 Å². The summed E-state index contributed by atoms with van der Waals surface area (Å²) in [4.78, 5) is 1.76. The van der Waals surface area contributed by atoms with Crippen molar-refractivity contribution in [3.63, 3.8) is 0 Å². The summed E-state index contributed by atoms with van der Waals surface area (Å²) in [6, 6.07) is 0. The molecule has 0 aliphatic heterocycles. The number of hydrogen-bond acceptors (Lipinski definition) is 1. The number of hydrogen-bond donors (Lipinski definition) is 1. The first-order valence-corrected chi connectivity index (χ1v) is 6.40. The lowest BCUT2D eigenvalue weighted by molar-refractivity contribution is 0.648. The molecule has 0 aliphatic rings. The summed E-state index contributed by atoms with van der Waals surface area (Å²) in [5, 5.41) is 0. The van der Waals surface area contributed by atoms with Crippen LogP contribution in [0.15, 0.2) is 0 Å². The van der Waals surface area contributed by atoms with Gasteiger partial charge in [-0.3, -0.25) is 0 Å². The van der Waals surface area contributed by atoms with Crippen LogP contribution >= 0.6 is 24.8 Å². The largest absolute Gasteiger partial charge is 0.364 e. The molecule has 0 atom stereocenters. The lowest BCUT2D eigenvalue weighted by Gasteiger charge is -2.05. The molecule has 0 unspecified atom stereocenters. The van der Waals surface area contributed by atoms with Crippen molar-refractivity contribution in [2.45, 2.75) is 55.4 Å². The van der Waals surface area contributed by atoms with Gasteiger partial charge in [0.2, 0.25) is 0 Å². The van der Waals surface area contributed by atoms with Crippen molar-refractivity contribution in [3.8, 4) is 0 Å². The van der Waals surface area contributed by atoms with Crippen LogP contribution in [0.5, 0.6) is 0 Å². The van der Waals surface area contributed by atoms with Gasteiger partial charge in [-0.25, -0.2) is 0 Å². The Morgan fingerprint density at radius 2 is 0.857 bits per heavy atom. The first-order valence-electron chi connectivity index (χ1n) is 5.55. The maximum atomic E-state index is 4.61. The molecule has 0 fully saturated rings. The molecule has 0 saturated heterocycles. The zero-order valence-electron chi connectivity index (χ0n) is 11.8. The third-order valence-electron chi connectivity index (χ3n) is 0.383. The van der Waals surface area contributed by atoms with E-state index >= 15 is 0 Å². The second-order valence-corrected chi connectivity index (χ2v) is 2.29. The molecular weight excluding hydrogens is 210 g/mol. The van der Waals surface area contributed by atoms with E-state index in [0.29, 0.717) is 4.32 Å². The van der Waals surface area contributed by atoms with Crippen LogP contribution in [-0.2, 0) is 0 Å². The number of rotatable bonds is 0. The molecule has 0 amide bonds. The summed E-state index contributed by atoms with van der Waals surface area (Å²) in [5.74, 6) is 0. The predicted octanol–water partition coefficient (Wildman–Crippen LogP) is 4.87. The molecule has 0 rings (SSSR count). The molecule has 0 aromatic carbocycles. The highest BCUT2D eigenvalue weighted by molar-refractivity contribution is 8.10. The minimum absolute atomic E-state index is 0.620. The SMILES string of the molecule is CC.CC.CC.CC.CN(C)C(=S)S. The summed E-state index contributed by atoms with van der Waals surface area (Å²) in [5.41, 5.74) is 0. The van der Waals surface area contributed by atoms with E-state index in [9.17, 15) is 0 Å². The molecule has 0 spiro atoms. The molecule has 3 heteroatoms. The van der Waals surface area contributed by atoms with Gasteiger partial charge in [-0.1, -0.05) is 67.6 Å². The van der Waals surface area contributed by atoms with Crippen LogP contribution in [0.1, 0.15) is 55.4 Å². The Morgan fingerprint density at radius 3 is 0.857 bits per heavy atom. The standard InChI is InChI=1S/C3H7NS2.4C2H6/c1-4(2)3(5)6;4*1-2/h1-2H3,(H,5,6);4*1-2H3. The molecule has 92 valence electrons. The van der Waals surface area contributed by atoms with Gasteiger partial charge in [0, 0.05) is 14.1 Å². The van der Waals surface area contributed by atoms with Crippen LogP contribution < -0.4 is 0 Å². The summed E-state index contributed by atoms with van der Waals surface area (Å²) in [6.45, 7) is 16.0. The van der Waals surface area contributed by atoms with E-state index in [1.807, 2.05) is 69.5 Å². The van der Waals surface area contributed by atoms with E-state index in [4.69, 9.17) is 0 Å². The van der Waals surface area contributed by atoms with E-state index in [0.717, 1.165) is 0 Å². The van der Waals surface area contributed by atoms with Gasteiger partial charge in [0.25, 0.3) is 0 Å². The highest BCUT2D eigenvalue weighted by Gasteiger charge is 1.83. The molecule has 1 nitrogen and oxygen atoms in total. The van der Waals surface area contributed by atoms with Crippen LogP contribution in [0, 0.1) is 0 Å². The molecule has 0 aliphatic carbocycles. The van der Waals surface area contributed by atoms with Gasteiger partial charge in [0.15, 0.2) is 0 Å². The molecule has 0 bridgehead atoms. The fourth-order valence-electron chi connectivity index (χ4n) is 0. The van der Waals surface area contributed by atoms with E-state index in [1.54, 1.807) is 4.90 Å². The quantitative estimate of drug-likeness (QED) is 0.476. The van der Waals surface area contributed by atoms with Crippen molar-refractivity contribution >= 4 is 29.2 Å². The van der Waals surface area contributed by atoms with Crippen LogP contribution in [0.25, 0.3) is 0 Å². The Hall–Kier alpha value is 0.240. The summed E-state index contributed by atoms with van der Waals surface area (Å²) >= 11 is 8.46. The normalized spacial score (nSPS) is 5.07. The van der Waals surface area contributed by atoms with Crippen molar-refractivity contribution in [3.05, 3.63) is 0 Å². The first kappa shape index (κ1) is 29.2. The van der Waals surface area contributed by atoms with Crippen molar-refractivity contribution < 1.29 is 0 Å². The van der Waals surface area contributed by atoms with Gasteiger partial charge < -0.3 is 4.90 Å². The van der Waals surface area contributed by atoms with E-state index in [-0.39, 0.29) is 0 Å². The van der Waals surface area contributed by atoms with Gasteiger partial charge in [0.1, 0.15) is 4.32 Å². The fourth-order valence-corrected chi connectivity index (χ4v) is 0. The summed E-state index contributed by atoms with van der Waals surface area (Å²) in [6.07, 6.45) is 0. The Kier molecular flexibility index (Phi) is 106. The van der Waals surface area contributed by atoms with Crippen LogP contribution in [0.3, 0.4) is 0 Å². The highest BCUT2D eigenvalue weighted by Crippen LogP contribution is 1.84. The zero-order chi connectivity index (χ0) is 13.2. The van der Waals surface area contributed by atoms with Crippen molar-refractivity contribution in [2.75, 3.05) is 14.1 Å². The predicted molar refractivity (Wildman–Crippen MR) is 80.7 cm³/mol. The molecule has 0 N–H and O–H groups in total. The van der Waals surface area contributed by atoms with Gasteiger partial charge in [-0.2, -0.15) is 0 Å². The molecule has 0 radical (unpaired) electrons. The van der Waals surface area contributed by atoms with Crippen LogP contribution in [0.4, 0.5) is 0 Å². The smallest absolute Gasteiger partial charge is 0.132 e. The zero-order valence-corrected chi connectivity index (χ0v) is 13.5. The number of nitrogens with zero attached hydrogens (tertiary/aromatic N) is 1.